The van der Waals surface area contributed by atoms with E-state index < -0.39 is 34.8 Å². The molecule has 0 spiro atoms. The van der Waals surface area contributed by atoms with Crippen molar-refractivity contribution in [1.82, 2.24) is 0 Å². The summed E-state index contributed by atoms with van der Waals surface area (Å²) in [5.41, 5.74) is 2.45. The van der Waals surface area contributed by atoms with Crippen molar-refractivity contribution in [2.45, 2.75) is 19.1 Å². The van der Waals surface area contributed by atoms with E-state index in [1.165, 1.54) is 11.1 Å². The Kier molecular flexibility index (Phi) is 5.84. The van der Waals surface area contributed by atoms with Crippen molar-refractivity contribution in [3.8, 4) is 0 Å². The highest BCUT2D eigenvalue weighted by atomic mass is 35.5. The van der Waals surface area contributed by atoms with Crippen molar-refractivity contribution >= 4 is 46.6 Å². The normalized spacial score (nSPS) is 21.7. The van der Waals surface area contributed by atoms with Crippen molar-refractivity contribution in [2.24, 2.45) is 5.92 Å². The van der Waals surface area contributed by atoms with Gasteiger partial charge in [-0.3, -0.25) is 24.5 Å². The number of rotatable bonds is 5. The highest BCUT2D eigenvalue weighted by Crippen LogP contribution is 2.41. The van der Waals surface area contributed by atoms with Crippen LogP contribution in [0.3, 0.4) is 0 Å². The Bertz CT molecular complexity index is 1340. The molecule has 2 saturated heterocycles. The molecule has 8 nitrogen and oxygen atoms in total. The lowest BCUT2D eigenvalue weighted by molar-refractivity contribution is -0.385. The third kappa shape index (κ3) is 4.07. The number of aryl methyl sites for hydroxylation is 1. The number of hydroxylamine groups is 1. The number of para-hydroxylation sites is 1. The molecule has 9 heteroatoms. The first-order valence-corrected chi connectivity index (χ1v) is 11.3. The predicted octanol–water partition coefficient (Wildman–Crippen LogP) is 4.95. The second-order valence-corrected chi connectivity index (χ2v) is 8.80. The lowest BCUT2D eigenvalue weighted by atomic mass is 9.95. The summed E-state index contributed by atoms with van der Waals surface area (Å²) in [4.78, 5) is 45.0. The standard InChI is InChI=1S/C26H20ClN3O5/c1-16-6-11-20(12-7-16)29-22(15-8-17-4-2-3-5-21(17)30(33)34)23-24(35-29)26(32)28(25(23)31)19-13-9-18(27)10-14-19/h2-15,22-24H,1H3/b15-8+/t22-,23+,24-/m1/s1. The number of hydrogen-bond donors (Lipinski definition) is 0. The summed E-state index contributed by atoms with van der Waals surface area (Å²) < 4.78 is 0. The number of nitro groups is 1. The van der Waals surface area contributed by atoms with Gasteiger partial charge in [-0.1, -0.05) is 47.5 Å². The quantitative estimate of drug-likeness (QED) is 0.286. The van der Waals surface area contributed by atoms with Crippen LogP contribution in [0.25, 0.3) is 6.08 Å². The molecule has 0 radical (unpaired) electrons. The maximum atomic E-state index is 13.5. The van der Waals surface area contributed by atoms with Gasteiger partial charge in [-0.05, 0) is 55.5 Å². The monoisotopic (exact) mass is 489 g/mol. The highest BCUT2D eigenvalue weighted by Gasteiger charge is 2.59. The Morgan fingerprint density at radius 3 is 2.29 bits per heavy atom. The first-order valence-electron chi connectivity index (χ1n) is 10.9. The maximum absolute atomic E-state index is 13.5. The van der Waals surface area contributed by atoms with Crippen LogP contribution in [0.2, 0.25) is 5.02 Å². The van der Waals surface area contributed by atoms with E-state index in [1.807, 2.05) is 31.2 Å². The third-order valence-electron chi connectivity index (χ3n) is 6.14. The molecule has 0 bridgehead atoms. The number of imide groups is 1. The smallest absolute Gasteiger partial charge is 0.273 e. The number of nitrogens with zero attached hydrogens (tertiary/aromatic N) is 3. The molecule has 5 rings (SSSR count). The van der Waals surface area contributed by atoms with Crippen LogP contribution in [-0.4, -0.2) is 28.9 Å². The van der Waals surface area contributed by atoms with Crippen molar-refractivity contribution in [3.05, 3.63) is 105 Å². The molecule has 3 aromatic carbocycles. The van der Waals surface area contributed by atoms with Crippen molar-refractivity contribution in [2.75, 3.05) is 9.96 Å². The van der Waals surface area contributed by atoms with Gasteiger partial charge in [0.15, 0.2) is 6.10 Å². The molecule has 0 unspecified atom stereocenters. The minimum atomic E-state index is -1.03. The number of benzene rings is 3. The van der Waals surface area contributed by atoms with Gasteiger partial charge in [0.05, 0.1) is 27.9 Å². The van der Waals surface area contributed by atoms with Gasteiger partial charge in [0.2, 0.25) is 5.91 Å². The molecule has 3 atom stereocenters. The van der Waals surface area contributed by atoms with Gasteiger partial charge in [0.25, 0.3) is 11.6 Å². The lowest BCUT2D eigenvalue weighted by Crippen LogP contribution is -2.39. The van der Waals surface area contributed by atoms with E-state index in [2.05, 4.69) is 0 Å². The molecule has 176 valence electrons. The zero-order valence-corrected chi connectivity index (χ0v) is 19.3. The Labute approximate surface area is 206 Å². The molecular weight excluding hydrogens is 470 g/mol. The maximum Gasteiger partial charge on any atom is 0.276 e. The molecule has 35 heavy (non-hydrogen) atoms. The number of anilines is 2. The molecule has 3 aromatic rings. The summed E-state index contributed by atoms with van der Waals surface area (Å²) >= 11 is 5.97. The molecule has 2 heterocycles. The van der Waals surface area contributed by atoms with E-state index in [1.54, 1.807) is 54.6 Å². The van der Waals surface area contributed by atoms with E-state index in [0.29, 0.717) is 22.0 Å². The summed E-state index contributed by atoms with van der Waals surface area (Å²) in [6.45, 7) is 1.95. The Morgan fingerprint density at radius 1 is 0.943 bits per heavy atom. The van der Waals surface area contributed by atoms with Crippen molar-refractivity contribution in [1.29, 1.82) is 0 Å². The third-order valence-corrected chi connectivity index (χ3v) is 6.39. The summed E-state index contributed by atoms with van der Waals surface area (Å²) in [5, 5.41) is 13.5. The molecule has 0 saturated carbocycles. The number of hydrogen-bond acceptors (Lipinski definition) is 6. The highest BCUT2D eigenvalue weighted by molar-refractivity contribution is 6.31. The number of halogens is 1. The predicted molar refractivity (Wildman–Crippen MR) is 132 cm³/mol. The zero-order chi connectivity index (χ0) is 24.7. The van der Waals surface area contributed by atoms with Gasteiger partial charge in [-0.15, -0.1) is 0 Å². The van der Waals surface area contributed by atoms with Gasteiger partial charge in [0, 0.05) is 11.1 Å². The molecule has 2 aliphatic heterocycles. The molecule has 0 aliphatic carbocycles. The fourth-order valence-corrected chi connectivity index (χ4v) is 4.53. The van der Waals surface area contributed by atoms with E-state index in [4.69, 9.17) is 16.4 Å². The van der Waals surface area contributed by atoms with Gasteiger partial charge in [0.1, 0.15) is 5.92 Å². The fourth-order valence-electron chi connectivity index (χ4n) is 4.41. The summed E-state index contributed by atoms with van der Waals surface area (Å²) in [6, 6.07) is 19.6. The Morgan fingerprint density at radius 2 is 1.60 bits per heavy atom. The molecular formula is C26H20ClN3O5. The second kappa shape index (κ2) is 8.98. The SMILES string of the molecule is Cc1ccc(N2O[C@H]3C(=O)N(c4ccc(Cl)cc4)C(=O)[C@H]3[C@H]2/C=C/c2ccccc2[N+](=O)[O-])cc1. The first-order chi connectivity index (χ1) is 16.8. The van der Waals surface area contributed by atoms with Crippen LogP contribution in [0, 0.1) is 23.0 Å². The first kappa shape index (κ1) is 22.8. The zero-order valence-electron chi connectivity index (χ0n) is 18.6. The van der Waals surface area contributed by atoms with Crippen molar-refractivity contribution in [3.63, 3.8) is 0 Å². The summed E-state index contributed by atoms with van der Waals surface area (Å²) in [7, 11) is 0. The van der Waals surface area contributed by atoms with Crippen LogP contribution >= 0.6 is 11.6 Å². The number of carbonyl (C=O) groups is 2. The van der Waals surface area contributed by atoms with Crippen LogP contribution in [0.4, 0.5) is 17.1 Å². The molecule has 2 fully saturated rings. The van der Waals surface area contributed by atoms with Gasteiger partial charge < -0.3 is 0 Å². The van der Waals surface area contributed by atoms with Crippen LogP contribution in [0.15, 0.2) is 78.9 Å². The lowest BCUT2D eigenvalue weighted by Gasteiger charge is -2.26. The van der Waals surface area contributed by atoms with Crippen LogP contribution in [-0.2, 0) is 14.4 Å². The van der Waals surface area contributed by atoms with E-state index >= 15 is 0 Å². The van der Waals surface area contributed by atoms with E-state index in [9.17, 15) is 19.7 Å². The number of nitro benzene ring substituents is 1. The number of amides is 2. The second-order valence-electron chi connectivity index (χ2n) is 8.37. The fraction of sp³-hybridized carbons (Fsp3) is 0.154. The number of carbonyl (C=O) groups excluding carboxylic acids is 2. The van der Waals surface area contributed by atoms with Gasteiger partial charge >= 0.3 is 0 Å². The summed E-state index contributed by atoms with van der Waals surface area (Å²) in [5.74, 6) is -1.71. The molecule has 2 aliphatic rings. The van der Waals surface area contributed by atoms with Crippen LogP contribution in [0.5, 0.6) is 0 Å². The Balaban J connectivity index is 1.54. The average molecular weight is 490 g/mol. The van der Waals surface area contributed by atoms with Gasteiger partial charge in [-0.2, -0.15) is 0 Å². The van der Waals surface area contributed by atoms with Crippen molar-refractivity contribution < 1.29 is 19.3 Å². The van der Waals surface area contributed by atoms with Crippen LogP contribution < -0.4 is 9.96 Å². The average Bonchev–Trinajstić information content (AvgIpc) is 3.34. The Hall–Kier alpha value is -4.01. The number of fused-ring (bicyclic) bond motifs is 1. The molecule has 0 aromatic heterocycles. The minimum Gasteiger partial charge on any atom is -0.273 e. The molecule has 0 N–H and O–H groups in total. The topological polar surface area (TPSA) is 93.0 Å². The largest absolute Gasteiger partial charge is 0.276 e. The van der Waals surface area contributed by atoms with Gasteiger partial charge in [-0.25, -0.2) is 9.96 Å². The van der Waals surface area contributed by atoms with Crippen LogP contribution in [0.1, 0.15) is 11.1 Å². The van der Waals surface area contributed by atoms with E-state index in [-0.39, 0.29) is 5.69 Å². The molecule has 2 amide bonds. The summed E-state index contributed by atoms with van der Waals surface area (Å²) in [6.07, 6.45) is 2.25. The van der Waals surface area contributed by atoms with E-state index in [0.717, 1.165) is 10.5 Å². The minimum absolute atomic E-state index is 0.0577.